The smallest absolute Gasteiger partial charge is 0.0841 e. The molecule has 2 nitrogen and oxygen atoms in total. The average molecular weight is 231 g/mol. The van der Waals surface area contributed by atoms with Crippen LogP contribution in [0.15, 0.2) is 18.2 Å². The van der Waals surface area contributed by atoms with Gasteiger partial charge in [-0.2, -0.15) is 0 Å². The summed E-state index contributed by atoms with van der Waals surface area (Å²) in [6.45, 7) is 6.08. The van der Waals surface area contributed by atoms with Gasteiger partial charge in [-0.05, 0) is 56.2 Å². The van der Waals surface area contributed by atoms with Gasteiger partial charge in [-0.15, -0.1) is 0 Å². The number of fused-ring (bicyclic) bond motifs is 1. The molecule has 0 atom stereocenters. The molecule has 2 aliphatic rings. The summed E-state index contributed by atoms with van der Waals surface area (Å²) in [7, 11) is 0. The Morgan fingerprint density at radius 1 is 1.35 bits per heavy atom. The van der Waals surface area contributed by atoms with Gasteiger partial charge in [0, 0.05) is 18.8 Å². The molecule has 1 aliphatic heterocycles. The maximum absolute atomic E-state index is 10.1. The molecule has 1 aliphatic carbocycles. The minimum Gasteiger partial charge on any atom is -0.386 e. The summed E-state index contributed by atoms with van der Waals surface area (Å²) >= 11 is 0. The number of aliphatic hydroxyl groups is 1. The van der Waals surface area contributed by atoms with Gasteiger partial charge in [-0.1, -0.05) is 12.1 Å². The normalized spacial score (nSPS) is 19.6. The number of benzene rings is 1. The van der Waals surface area contributed by atoms with Crippen LogP contribution in [0.2, 0.25) is 0 Å². The molecule has 0 amide bonds. The van der Waals surface area contributed by atoms with E-state index in [0.717, 1.165) is 24.4 Å². The second-order valence-corrected chi connectivity index (χ2v) is 6.04. The van der Waals surface area contributed by atoms with Crippen LogP contribution >= 0.6 is 0 Å². The largest absolute Gasteiger partial charge is 0.386 e. The highest BCUT2D eigenvalue weighted by molar-refractivity contribution is 5.60. The lowest BCUT2D eigenvalue weighted by Gasteiger charge is -2.23. The molecule has 0 spiro atoms. The lowest BCUT2D eigenvalue weighted by Crippen LogP contribution is -2.23. The molecule has 0 unspecified atom stereocenters. The van der Waals surface area contributed by atoms with Crippen molar-refractivity contribution in [3.8, 4) is 0 Å². The van der Waals surface area contributed by atoms with Crippen LogP contribution < -0.4 is 4.90 Å². The first kappa shape index (κ1) is 11.1. The van der Waals surface area contributed by atoms with E-state index in [1.165, 1.54) is 30.6 Å². The van der Waals surface area contributed by atoms with Gasteiger partial charge in [-0.25, -0.2) is 0 Å². The Hall–Kier alpha value is -1.02. The zero-order chi connectivity index (χ0) is 12.0. The van der Waals surface area contributed by atoms with Crippen molar-refractivity contribution < 1.29 is 5.11 Å². The highest BCUT2D eigenvalue weighted by atomic mass is 16.3. The quantitative estimate of drug-likeness (QED) is 0.864. The van der Waals surface area contributed by atoms with E-state index in [1.807, 2.05) is 13.8 Å². The van der Waals surface area contributed by atoms with E-state index < -0.39 is 5.60 Å². The van der Waals surface area contributed by atoms with Crippen molar-refractivity contribution in [3.05, 3.63) is 29.3 Å². The fraction of sp³-hybridized carbons (Fsp3) is 0.600. The number of hydrogen-bond acceptors (Lipinski definition) is 2. The summed E-state index contributed by atoms with van der Waals surface area (Å²) in [6, 6.07) is 6.44. The topological polar surface area (TPSA) is 23.5 Å². The SMILES string of the molecule is CC(C)(O)c1ccc2c(c1)N(CC1CC1)CC2. The first-order chi connectivity index (χ1) is 8.04. The molecule has 17 heavy (non-hydrogen) atoms. The molecule has 92 valence electrons. The molecule has 1 saturated carbocycles. The van der Waals surface area contributed by atoms with Crippen LogP contribution in [0.5, 0.6) is 0 Å². The van der Waals surface area contributed by atoms with E-state index >= 15 is 0 Å². The molecule has 2 heteroatoms. The van der Waals surface area contributed by atoms with Crippen molar-refractivity contribution in [2.45, 2.75) is 38.7 Å². The number of rotatable bonds is 3. The molecule has 1 N–H and O–H groups in total. The molecule has 0 radical (unpaired) electrons. The third kappa shape index (κ3) is 2.19. The molecule has 0 bridgehead atoms. The predicted molar refractivity (Wildman–Crippen MR) is 70.3 cm³/mol. The Balaban J connectivity index is 1.89. The molecule has 3 rings (SSSR count). The van der Waals surface area contributed by atoms with Gasteiger partial charge in [0.2, 0.25) is 0 Å². The minimum absolute atomic E-state index is 0.733. The minimum atomic E-state index is -0.733. The van der Waals surface area contributed by atoms with E-state index in [9.17, 15) is 5.11 Å². The second-order valence-electron chi connectivity index (χ2n) is 6.04. The number of anilines is 1. The fourth-order valence-electron chi connectivity index (χ4n) is 2.63. The summed E-state index contributed by atoms with van der Waals surface area (Å²) in [6.07, 6.45) is 3.96. The summed E-state index contributed by atoms with van der Waals surface area (Å²) in [5, 5.41) is 10.1. The monoisotopic (exact) mass is 231 g/mol. The zero-order valence-electron chi connectivity index (χ0n) is 10.7. The highest BCUT2D eigenvalue weighted by Crippen LogP contribution is 2.37. The molecular weight excluding hydrogens is 210 g/mol. The van der Waals surface area contributed by atoms with Crippen LogP contribution in [0.4, 0.5) is 5.69 Å². The van der Waals surface area contributed by atoms with Crippen molar-refractivity contribution in [3.63, 3.8) is 0 Å². The van der Waals surface area contributed by atoms with E-state index in [2.05, 4.69) is 23.1 Å². The molecule has 1 heterocycles. The summed E-state index contributed by atoms with van der Waals surface area (Å²) in [5.74, 6) is 0.923. The maximum Gasteiger partial charge on any atom is 0.0841 e. The van der Waals surface area contributed by atoms with Gasteiger partial charge in [0.15, 0.2) is 0 Å². The third-order valence-corrected chi connectivity index (χ3v) is 3.96. The van der Waals surface area contributed by atoms with Crippen molar-refractivity contribution in [1.29, 1.82) is 0 Å². The lowest BCUT2D eigenvalue weighted by molar-refractivity contribution is 0.0786. The summed E-state index contributed by atoms with van der Waals surface area (Å²) in [5.41, 5.74) is 3.09. The van der Waals surface area contributed by atoms with Crippen LogP contribution in [0.1, 0.15) is 37.8 Å². The summed E-state index contributed by atoms with van der Waals surface area (Å²) < 4.78 is 0. The molecule has 1 fully saturated rings. The Bertz CT molecular complexity index is 429. The molecule has 1 aromatic carbocycles. The van der Waals surface area contributed by atoms with Crippen LogP contribution in [0.3, 0.4) is 0 Å². The third-order valence-electron chi connectivity index (χ3n) is 3.96. The van der Waals surface area contributed by atoms with Crippen LogP contribution in [0.25, 0.3) is 0 Å². The Morgan fingerprint density at radius 3 is 2.76 bits per heavy atom. The van der Waals surface area contributed by atoms with Crippen molar-refractivity contribution in [1.82, 2.24) is 0 Å². The molecular formula is C15H21NO. The second kappa shape index (κ2) is 3.74. The average Bonchev–Trinajstić information content (AvgIpc) is 2.98. The molecule has 0 saturated heterocycles. The van der Waals surface area contributed by atoms with Gasteiger partial charge >= 0.3 is 0 Å². The number of hydrogen-bond donors (Lipinski definition) is 1. The summed E-state index contributed by atoms with van der Waals surface area (Å²) in [4.78, 5) is 2.50. The first-order valence-electron chi connectivity index (χ1n) is 6.65. The maximum atomic E-state index is 10.1. The Labute approximate surface area is 103 Å². The van der Waals surface area contributed by atoms with Gasteiger partial charge in [0.1, 0.15) is 0 Å². The zero-order valence-corrected chi connectivity index (χ0v) is 10.7. The van der Waals surface area contributed by atoms with Crippen molar-refractivity contribution >= 4 is 5.69 Å². The van der Waals surface area contributed by atoms with Gasteiger partial charge in [0.05, 0.1) is 5.60 Å². The van der Waals surface area contributed by atoms with Gasteiger partial charge in [-0.3, -0.25) is 0 Å². The molecule has 1 aromatic rings. The van der Waals surface area contributed by atoms with E-state index in [4.69, 9.17) is 0 Å². The Kier molecular flexibility index (Phi) is 2.44. The van der Waals surface area contributed by atoms with E-state index in [1.54, 1.807) is 0 Å². The predicted octanol–water partition coefficient (Wildman–Crippen LogP) is 2.69. The van der Waals surface area contributed by atoms with Crippen molar-refractivity contribution in [2.24, 2.45) is 5.92 Å². The van der Waals surface area contributed by atoms with E-state index in [0.29, 0.717) is 0 Å². The standard InChI is InChI=1S/C15H21NO/c1-15(2,17)13-6-5-12-7-8-16(14(12)9-13)10-11-3-4-11/h5-6,9,11,17H,3-4,7-8,10H2,1-2H3. The number of nitrogens with zero attached hydrogens (tertiary/aromatic N) is 1. The van der Waals surface area contributed by atoms with Crippen LogP contribution in [-0.4, -0.2) is 18.2 Å². The van der Waals surface area contributed by atoms with Gasteiger partial charge in [0.25, 0.3) is 0 Å². The first-order valence-corrected chi connectivity index (χ1v) is 6.65. The Morgan fingerprint density at radius 2 is 2.12 bits per heavy atom. The van der Waals surface area contributed by atoms with Gasteiger partial charge < -0.3 is 10.0 Å². The van der Waals surface area contributed by atoms with Crippen molar-refractivity contribution in [2.75, 3.05) is 18.0 Å². The van der Waals surface area contributed by atoms with Crippen LogP contribution in [0, 0.1) is 5.92 Å². The van der Waals surface area contributed by atoms with Crippen LogP contribution in [-0.2, 0) is 12.0 Å². The van der Waals surface area contributed by atoms with E-state index in [-0.39, 0.29) is 0 Å². The highest BCUT2D eigenvalue weighted by Gasteiger charge is 2.29. The lowest BCUT2D eigenvalue weighted by atomic mass is 9.96. The molecule has 0 aromatic heterocycles. The fourth-order valence-corrected chi connectivity index (χ4v) is 2.63.